The van der Waals surface area contributed by atoms with Crippen LogP contribution in [0.2, 0.25) is 0 Å². The lowest BCUT2D eigenvalue weighted by molar-refractivity contribution is -0.139. The number of unbranched alkanes of at least 4 members (excludes halogenated alkanes) is 2. The predicted octanol–water partition coefficient (Wildman–Crippen LogP) is 10.6. The molecule has 0 bridgehead atoms. The van der Waals surface area contributed by atoms with Crippen LogP contribution in [0.15, 0.2) is 78.9 Å². The highest BCUT2D eigenvalue weighted by atomic mass is 16.5. The molecule has 1 atom stereocenters. The zero-order valence-electron chi connectivity index (χ0n) is 24.2. The third kappa shape index (κ3) is 9.09. The fourth-order valence-electron chi connectivity index (χ4n) is 6.25. The summed E-state index contributed by atoms with van der Waals surface area (Å²) in [5, 5.41) is 0. The minimum absolute atomic E-state index is 0.0405. The second-order valence-corrected chi connectivity index (χ2v) is 11.6. The SMILES string of the molecule is CCCCCC1CCC(c2ccc(OC(=O)C(CCC)CCCc3ccc(-c4ccccc4)cc3)cc2)CC1. The largest absolute Gasteiger partial charge is 0.426 e. The van der Waals surface area contributed by atoms with Crippen LogP contribution in [0.25, 0.3) is 11.1 Å². The Balaban J connectivity index is 1.22. The third-order valence-electron chi connectivity index (χ3n) is 8.68. The summed E-state index contributed by atoms with van der Waals surface area (Å²) in [6, 6.07) is 27.7. The van der Waals surface area contributed by atoms with Crippen molar-refractivity contribution in [2.75, 3.05) is 0 Å². The highest BCUT2D eigenvalue weighted by molar-refractivity contribution is 5.75. The maximum Gasteiger partial charge on any atom is 0.314 e. The standard InChI is InChI=1S/C37H48O2/c1-3-5-7-12-29-17-23-33(24-18-29)34-25-27-36(28-26-34)39-37(38)35(11-4-2)16-10-13-30-19-21-32(22-20-30)31-14-8-6-9-15-31/h6,8-9,14-15,19-22,25-29,33,35H,3-5,7,10-13,16-18,23-24H2,1-2H3. The second-order valence-electron chi connectivity index (χ2n) is 11.6. The molecule has 0 aliphatic heterocycles. The van der Waals surface area contributed by atoms with Gasteiger partial charge in [-0.1, -0.05) is 113 Å². The van der Waals surface area contributed by atoms with Crippen molar-refractivity contribution in [1.29, 1.82) is 0 Å². The Bertz CT molecular complexity index is 1090. The molecule has 0 heterocycles. The van der Waals surface area contributed by atoms with Gasteiger partial charge in [0.2, 0.25) is 0 Å². The van der Waals surface area contributed by atoms with Gasteiger partial charge in [-0.25, -0.2) is 0 Å². The quantitative estimate of drug-likeness (QED) is 0.119. The van der Waals surface area contributed by atoms with Gasteiger partial charge in [-0.3, -0.25) is 4.79 Å². The van der Waals surface area contributed by atoms with E-state index in [-0.39, 0.29) is 11.9 Å². The van der Waals surface area contributed by atoms with E-state index in [2.05, 4.69) is 74.5 Å². The van der Waals surface area contributed by atoms with Crippen LogP contribution in [0.5, 0.6) is 5.75 Å². The van der Waals surface area contributed by atoms with Gasteiger partial charge in [0.25, 0.3) is 0 Å². The van der Waals surface area contributed by atoms with Crippen molar-refractivity contribution in [3.05, 3.63) is 90.0 Å². The number of esters is 1. The van der Waals surface area contributed by atoms with Crippen LogP contribution in [0.3, 0.4) is 0 Å². The summed E-state index contributed by atoms with van der Waals surface area (Å²) in [6.45, 7) is 4.44. The van der Waals surface area contributed by atoms with Gasteiger partial charge in [-0.2, -0.15) is 0 Å². The van der Waals surface area contributed by atoms with Crippen molar-refractivity contribution >= 4 is 5.97 Å². The number of aryl methyl sites for hydroxylation is 1. The average molecular weight is 525 g/mol. The van der Waals surface area contributed by atoms with Crippen molar-refractivity contribution in [1.82, 2.24) is 0 Å². The molecule has 1 unspecified atom stereocenters. The van der Waals surface area contributed by atoms with E-state index in [1.165, 1.54) is 73.6 Å². The van der Waals surface area contributed by atoms with E-state index in [1.807, 2.05) is 18.2 Å². The van der Waals surface area contributed by atoms with E-state index in [9.17, 15) is 4.79 Å². The lowest BCUT2D eigenvalue weighted by Gasteiger charge is -2.29. The normalized spacial score (nSPS) is 18.0. The van der Waals surface area contributed by atoms with Crippen LogP contribution in [0, 0.1) is 11.8 Å². The number of hydrogen-bond donors (Lipinski definition) is 0. The third-order valence-corrected chi connectivity index (χ3v) is 8.68. The van der Waals surface area contributed by atoms with E-state index in [0.29, 0.717) is 11.7 Å². The topological polar surface area (TPSA) is 26.3 Å². The minimum Gasteiger partial charge on any atom is -0.426 e. The molecule has 3 aromatic carbocycles. The molecule has 0 saturated heterocycles. The van der Waals surface area contributed by atoms with Crippen LogP contribution in [0.1, 0.15) is 108 Å². The van der Waals surface area contributed by atoms with E-state index >= 15 is 0 Å². The summed E-state index contributed by atoms with van der Waals surface area (Å²) in [6.07, 6.45) is 15.5. The number of hydrogen-bond acceptors (Lipinski definition) is 2. The Morgan fingerprint density at radius 3 is 2.10 bits per heavy atom. The molecule has 208 valence electrons. The molecular formula is C37H48O2. The molecule has 0 aromatic heterocycles. The number of rotatable bonds is 14. The molecule has 1 aliphatic rings. The van der Waals surface area contributed by atoms with E-state index in [4.69, 9.17) is 4.74 Å². The van der Waals surface area contributed by atoms with Crippen molar-refractivity contribution in [2.45, 2.75) is 103 Å². The minimum atomic E-state index is -0.0726. The van der Waals surface area contributed by atoms with Crippen molar-refractivity contribution < 1.29 is 9.53 Å². The molecule has 0 amide bonds. The van der Waals surface area contributed by atoms with E-state index in [1.54, 1.807) is 0 Å². The maximum atomic E-state index is 13.1. The van der Waals surface area contributed by atoms with Gasteiger partial charge in [0, 0.05) is 0 Å². The fourth-order valence-corrected chi connectivity index (χ4v) is 6.25. The number of carbonyl (C=O) groups excluding carboxylic acids is 1. The molecule has 2 heteroatoms. The molecule has 0 spiro atoms. The number of benzene rings is 3. The van der Waals surface area contributed by atoms with Gasteiger partial charge < -0.3 is 4.74 Å². The highest BCUT2D eigenvalue weighted by Crippen LogP contribution is 2.38. The first-order valence-electron chi connectivity index (χ1n) is 15.6. The molecule has 1 fully saturated rings. The summed E-state index contributed by atoms with van der Waals surface area (Å²) >= 11 is 0. The molecule has 1 aliphatic carbocycles. The Morgan fingerprint density at radius 1 is 0.744 bits per heavy atom. The van der Waals surface area contributed by atoms with E-state index < -0.39 is 0 Å². The van der Waals surface area contributed by atoms with Crippen LogP contribution in [-0.2, 0) is 11.2 Å². The Morgan fingerprint density at radius 2 is 1.44 bits per heavy atom. The molecule has 3 aromatic rings. The summed E-state index contributed by atoms with van der Waals surface area (Å²) < 4.78 is 5.87. The first-order chi connectivity index (χ1) is 19.2. The molecule has 2 nitrogen and oxygen atoms in total. The monoisotopic (exact) mass is 524 g/mol. The zero-order chi connectivity index (χ0) is 27.3. The molecule has 39 heavy (non-hydrogen) atoms. The highest BCUT2D eigenvalue weighted by Gasteiger charge is 2.23. The summed E-state index contributed by atoms with van der Waals surface area (Å²) in [4.78, 5) is 13.1. The number of carbonyl (C=O) groups is 1. The van der Waals surface area contributed by atoms with Crippen LogP contribution < -0.4 is 4.74 Å². The average Bonchev–Trinajstić information content (AvgIpc) is 2.98. The molecular weight excluding hydrogens is 476 g/mol. The molecule has 4 rings (SSSR count). The predicted molar refractivity (Wildman–Crippen MR) is 164 cm³/mol. The summed E-state index contributed by atoms with van der Waals surface area (Å²) in [5.74, 6) is 2.16. The zero-order valence-corrected chi connectivity index (χ0v) is 24.2. The van der Waals surface area contributed by atoms with E-state index in [0.717, 1.165) is 38.0 Å². The van der Waals surface area contributed by atoms with Crippen LogP contribution >= 0.6 is 0 Å². The molecule has 0 radical (unpaired) electrons. The van der Waals surface area contributed by atoms with Crippen molar-refractivity contribution in [3.63, 3.8) is 0 Å². The van der Waals surface area contributed by atoms with Gasteiger partial charge >= 0.3 is 5.97 Å². The van der Waals surface area contributed by atoms with Gasteiger partial charge in [-0.15, -0.1) is 0 Å². The Kier molecular flexibility index (Phi) is 11.7. The van der Waals surface area contributed by atoms with Crippen LogP contribution in [-0.4, -0.2) is 5.97 Å². The molecule has 1 saturated carbocycles. The van der Waals surface area contributed by atoms with Gasteiger partial charge in [0.15, 0.2) is 0 Å². The van der Waals surface area contributed by atoms with Gasteiger partial charge in [-0.05, 0) is 97.6 Å². The smallest absolute Gasteiger partial charge is 0.314 e. The lowest BCUT2D eigenvalue weighted by Crippen LogP contribution is -2.21. The first-order valence-corrected chi connectivity index (χ1v) is 15.6. The Labute approximate surface area is 237 Å². The lowest BCUT2D eigenvalue weighted by atomic mass is 9.77. The summed E-state index contributed by atoms with van der Waals surface area (Å²) in [7, 11) is 0. The Hall–Kier alpha value is -2.87. The van der Waals surface area contributed by atoms with Crippen LogP contribution in [0.4, 0.5) is 0 Å². The van der Waals surface area contributed by atoms with Crippen molar-refractivity contribution in [2.24, 2.45) is 11.8 Å². The second kappa shape index (κ2) is 15.7. The fraction of sp³-hybridized carbons (Fsp3) is 0.486. The summed E-state index contributed by atoms with van der Waals surface area (Å²) in [5.41, 5.74) is 5.22. The van der Waals surface area contributed by atoms with Gasteiger partial charge in [0.1, 0.15) is 5.75 Å². The maximum absolute atomic E-state index is 13.1. The molecule has 0 N–H and O–H groups in total. The number of ether oxygens (including phenoxy) is 1. The first kappa shape index (κ1) is 29.1. The van der Waals surface area contributed by atoms with Gasteiger partial charge in [0.05, 0.1) is 5.92 Å². The van der Waals surface area contributed by atoms with Crippen molar-refractivity contribution in [3.8, 4) is 16.9 Å².